The minimum atomic E-state index is -0.821. The van der Waals surface area contributed by atoms with Gasteiger partial charge in [0.2, 0.25) is 0 Å². The highest BCUT2D eigenvalue weighted by molar-refractivity contribution is 7.20. The van der Waals surface area contributed by atoms with Crippen LogP contribution in [0.15, 0.2) is 216 Å². The van der Waals surface area contributed by atoms with Crippen LogP contribution in [0.25, 0.3) is 65.7 Å². The largest absolute Gasteiger partial charge is 0.289 e. The highest BCUT2D eigenvalue weighted by Crippen LogP contribution is 2.64. The lowest BCUT2D eigenvalue weighted by Gasteiger charge is -2.36. The first-order chi connectivity index (χ1) is 41.9. The van der Waals surface area contributed by atoms with Crippen LogP contribution in [0.5, 0.6) is 0 Å². The molecule has 0 fully saturated rings. The Morgan fingerprint density at radius 3 is 0.965 bits per heavy atom. The quantitative estimate of drug-likeness (QED) is 0.120. The summed E-state index contributed by atoms with van der Waals surface area (Å²) in [5, 5.41) is 42.8. The monoisotopic (exact) mass is 1130 g/mol. The van der Waals surface area contributed by atoms with Crippen LogP contribution in [0.1, 0.15) is 108 Å². The summed E-state index contributed by atoms with van der Waals surface area (Å²) >= 11 is 3.18. The smallest absolute Gasteiger partial charge is 0.194 e. The topological polar surface area (TPSA) is 129 Å². The second-order valence-corrected chi connectivity index (χ2v) is 25.1. The molecule has 9 aromatic carbocycles. The van der Waals surface area contributed by atoms with Crippen molar-refractivity contribution in [3.05, 3.63) is 315 Å². The second-order valence-electron chi connectivity index (χ2n) is 22.9. The van der Waals surface area contributed by atoms with E-state index >= 15 is 0 Å². The number of aryl methyl sites for hydroxylation is 4. The molecule has 11 aromatic rings. The van der Waals surface area contributed by atoms with Crippen LogP contribution in [-0.2, 0) is 10.8 Å². The van der Waals surface area contributed by atoms with Crippen molar-refractivity contribution in [2.45, 2.75) is 38.5 Å². The van der Waals surface area contributed by atoms with Gasteiger partial charge < -0.3 is 0 Å². The number of hydrogen-bond donors (Lipinski definition) is 0. The molecular formula is C78H46N4O2S2. The summed E-state index contributed by atoms with van der Waals surface area (Å²) in [5.74, 6) is -0.429. The van der Waals surface area contributed by atoms with Gasteiger partial charge >= 0.3 is 0 Å². The fraction of sp³-hybridized carbons (Fsp3) is 0.0769. The Hall–Kier alpha value is -10.8. The second kappa shape index (κ2) is 19.4. The number of nitriles is 4. The maximum atomic E-state index is 14.3. The lowest BCUT2D eigenvalue weighted by Crippen LogP contribution is -2.30. The van der Waals surface area contributed by atoms with Gasteiger partial charge in [-0.05, 0) is 177 Å². The van der Waals surface area contributed by atoms with Crippen molar-refractivity contribution in [3.8, 4) is 46.5 Å². The average molecular weight is 1140 g/mol. The minimum absolute atomic E-state index is 0.0972. The minimum Gasteiger partial charge on any atom is -0.289 e. The maximum absolute atomic E-state index is 14.3. The van der Waals surface area contributed by atoms with E-state index in [9.17, 15) is 30.6 Å². The Labute approximate surface area is 505 Å². The van der Waals surface area contributed by atoms with Crippen LogP contribution in [0.2, 0.25) is 0 Å². The molecule has 0 radical (unpaired) electrons. The zero-order valence-electron chi connectivity index (χ0n) is 47.1. The van der Waals surface area contributed by atoms with Crippen molar-refractivity contribution >= 4 is 77.7 Å². The van der Waals surface area contributed by atoms with Gasteiger partial charge in [0.1, 0.15) is 35.4 Å². The molecule has 86 heavy (non-hydrogen) atoms. The molecule has 402 valence electrons. The molecule has 0 saturated heterocycles. The van der Waals surface area contributed by atoms with Gasteiger partial charge in [0.15, 0.2) is 11.6 Å². The Balaban J connectivity index is 1.02. The van der Waals surface area contributed by atoms with Crippen molar-refractivity contribution in [1.29, 1.82) is 21.0 Å². The fourth-order valence-corrected chi connectivity index (χ4v) is 16.2. The summed E-state index contributed by atoms with van der Waals surface area (Å²) in [7, 11) is 0. The zero-order valence-corrected chi connectivity index (χ0v) is 48.7. The molecule has 0 saturated carbocycles. The third kappa shape index (κ3) is 7.38. The third-order valence-corrected chi connectivity index (χ3v) is 20.2. The number of benzene rings is 9. The molecule has 0 amide bonds. The summed E-state index contributed by atoms with van der Waals surface area (Å²) in [6.45, 7) is 8.49. The van der Waals surface area contributed by atoms with Crippen molar-refractivity contribution in [3.63, 3.8) is 0 Å². The molecule has 0 N–H and O–H groups in total. The van der Waals surface area contributed by atoms with Gasteiger partial charge in [0.05, 0.1) is 10.8 Å². The molecule has 15 rings (SSSR count). The molecule has 8 heteroatoms. The highest BCUT2D eigenvalue weighted by atomic mass is 32.1. The lowest BCUT2D eigenvalue weighted by atomic mass is 9.65. The van der Waals surface area contributed by atoms with E-state index in [-0.39, 0.29) is 22.7 Å². The van der Waals surface area contributed by atoms with E-state index in [2.05, 4.69) is 198 Å². The van der Waals surface area contributed by atoms with Crippen molar-refractivity contribution in [2.75, 3.05) is 0 Å². The van der Waals surface area contributed by atoms with Crippen LogP contribution in [0.4, 0.5) is 0 Å². The molecule has 0 bridgehead atoms. The first-order valence-electron chi connectivity index (χ1n) is 28.3. The maximum Gasteiger partial charge on any atom is 0.194 e. The number of carbonyl (C=O) groups is 2. The number of rotatable bonds is 6. The standard InChI is InChI=1S/C78H46N4O2S2/c1-43-13-21-51(22-14-43)77(52-23-15-44(2)16-24-52)67-35-64-62-32-48-30-56(34-66-74(50(41-81)42-82)58-10-6-8-12-60(58)76(66)84)86-72(48)38-70(62)78(53-25-17-45(3)18-26-53,54-27-19-46(4)20-28-54)68(64)36-63(67)61-31-47-29-55(85-71(47)37-69(61)77)33-65-73(49(39-79)40-80)57-9-5-7-11-59(57)75(65)83/h5-38H,1-4H3. The number of fused-ring (bicyclic) bond motifs is 10. The Kier molecular flexibility index (Phi) is 11.7. The number of nitrogens with zero attached hydrogens (tertiary/aromatic N) is 4. The average Bonchev–Trinajstić information content (AvgIpc) is 1.50. The van der Waals surface area contributed by atoms with Crippen LogP contribution >= 0.6 is 22.7 Å². The predicted molar refractivity (Wildman–Crippen MR) is 345 cm³/mol. The SMILES string of the molecule is Cc1ccc(C2(c3ccc(C)cc3)c3cc4c(cc3-c3cc5cc(C=C6C(=O)c7ccccc7C6=C(C#N)C#N)sc5cc32)C(c2ccc(C)cc2)(c2ccc(C)cc2)c2cc3sc(C=C5C(=O)c6ccccc6C5=C(C#N)C#N)cc3cc2-4)cc1. The Morgan fingerprint density at radius 1 is 0.360 bits per heavy atom. The van der Waals surface area contributed by atoms with Gasteiger partial charge in [0, 0.05) is 52.6 Å². The van der Waals surface area contributed by atoms with Gasteiger partial charge in [-0.1, -0.05) is 168 Å². The van der Waals surface area contributed by atoms with Crippen LogP contribution in [0.3, 0.4) is 0 Å². The highest BCUT2D eigenvalue weighted by Gasteiger charge is 2.52. The van der Waals surface area contributed by atoms with Crippen LogP contribution < -0.4 is 0 Å². The summed E-state index contributed by atoms with van der Waals surface area (Å²) in [4.78, 5) is 30.2. The molecule has 2 heterocycles. The molecule has 2 aromatic heterocycles. The van der Waals surface area contributed by atoms with Gasteiger partial charge in [-0.15, -0.1) is 22.7 Å². The van der Waals surface area contributed by atoms with E-state index < -0.39 is 10.8 Å². The number of allylic oxidation sites excluding steroid dienone is 6. The fourth-order valence-electron chi connectivity index (χ4n) is 14.1. The molecule has 0 spiro atoms. The molecule has 0 aliphatic heterocycles. The molecule has 4 aliphatic carbocycles. The lowest BCUT2D eigenvalue weighted by molar-refractivity contribution is 0.103. The zero-order chi connectivity index (χ0) is 58.9. The molecule has 4 aliphatic rings. The summed E-state index contributed by atoms with van der Waals surface area (Å²) < 4.78 is 2.06. The summed E-state index contributed by atoms with van der Waals surface area (Å²) in [6.07, 6.45) is 3.72. The van der Waals surface area contributed by atoms with E-state index in [0.29, 0.717) is 44.5 Å². The molecule has 0 unspecified atom stereocenters. The molecule has 0 atom stereocenters. The number of carbonyl (C=O) groups excluding carboxylic acids is 2. The van der Waals surface area contributed by atoms with Crippen LogP contribution in [0, 0.1) is 73.0 Å². The van der Waals surface area contributed by atoms with E-state index in [1.54, 1.807) is 59.1 Å². The van der Waals surface area contributed by atoms with E-state index in [0.717, 1.165) is 119 Å². The van der Waals surface area contributed by atoms with Gasteiger partial charge in [-0.3, -0.25) is 9.59 Å². The summed E-state index contributed by atoms with van der Waals surface area (Å²) in [6, 6.07) is 77.1. The first kappa shape index (κ1) is 52.0. The number of ketones is 2. The van der Waals surface area contributed by atoms with Gasteiger partial charge in [0.25, 0.3) is 0 Å². The number of hydrogen-bond acceptors (Lipinski definition) is 8. The first-order valence-corrected chi connectivity index (χ1v) is 30.0. The van der Waals surface area contributed by atoms with Gasteiger partial charge in [-0.2, -0.15) is 21.0 Å². The predicted octanol–water partition coefficient (Wildman–Crippen LogP) is 18.2. The third-order valence-electron chi connectivity index (χ3n) is 18.1. The van der Waals surface area contributed by atoms with Gasteiger partial charge in [-0.25, -0.2) is 0 Å². The summed E-state index contributed by atoms with van der Waals surface area (Å²) in [5.41, 5.74) is 19.7. The van der Waals surface area contributed by atoms with E-state index in [1.807, 2.05) is 24.3 Å². The van der Waals surface area contributed by atoms with E-state index in [4.69, 9.17) is 0 Å². The Morgan fingerprint density at radius 2 is 0.651 bits per heavy atom. The normalized spacial score (nSPS) is 15.4. The van der Waals surface area contributed by atoms with Crippen molar-refractivity contribution in [2.24, 2.45) is 0 Å². The molecule has 6 nitrogen and oxygen atoms in total. The van der Waals surface area contributed by atoms with Crippen LogP contribution in [-0.4, -0.2) is 11.6 Å². The van der Waals surface area contributed by atoms with E-state index in [1.165, 1.54) is 0 Å². The Bertz CT molecular complexity index is 4750. The van der Waals surface area contributed by atoms with Crippen molar-refractivity contribution < 1.29 is 9.59 Å². The number of Topliss-reactive ketones (excluding diaryl/α,β-unsaturated/α-hetero) is 2. The van der Waals surface area contributed by atoms with Crippen molar-refractivity contribution in [1.82, 2.24) is 0 Å². The number of thiophene rings is 2. The molecular weight excluding hydrogens is 1090 g/mol.